The van der Waals surface area contributed by atoms with Crippen molar-refractivity contribution in [3.8, 4) is 0 Å². The lowest BCUT2D eigenvalue weighted by Crippen LogP contribution is -2.42. The zero-order valence-electron chi connectivity index (χ0n) is 12.4. The van der Waals surface area contributed by atoms with Gasteiger partial charge in [-0.1, -0.05) is 35.9 Å². The molecule has 4 nitrogen and oxygen atoms in total. The molecule has 0 aliphatic carbocycles. The van der Waals surface area contributed by atoms with Crippen LogP contribution in [0.5, 0.6) is 0 Å². The van der Waals surface area contributed by atoms with E-state index in [0.717, 1.165) is 10.8 Å². The van der Waals surface area contributed by atoms with Gasteiger partial charge in [-0.3, -0.25) is 4.79 Å². The van der Waals surface area contributed by atoms with Crippen LogP contribution in [0.1, 0.15) is 31.1 Å². The average Bonchev–Trinajstić information content (AvgIpc) is 2.44. The Morgan fingerprint density at radius 2 is 1.95 bits per heavy atom. The number of hydrogen-bond acceptors (Lipinski definition) is 3. The second-order valence-corrected chi connectivity index (χ2v) is 6.00. The second kappa shape index (κ2) is 6.00. The number of pyridine rings is 1. The van der Waals surface area contributed by atoms with Crippen molar-refractivity contribution in [2.45, 2.75) is 26.4 Å². The first-order chi connectivity index (χ1) is 9.83. The highest BCUT2D eigenvalue weighted by molar-refractivity contribution is 6.34. The molecule has 0 bridgehead atoms. The minimum absolute atomic E-state index is 0.153. The van der Waals surface area contributed by atoms with Gasteiger partial charge in [0, 0.05) is 24.7 Å². The molecule has 0 saturated heterocycles. The standard InChI is InChI=1S/C16H19ClN2O2/c1-4-19(10-16(2,3)21)15(20)13-9-18-14(17)12-8-6-5-7-11(12)13/h5-9,21H,4,10H2,1-3H3. The van der Waals surface area contributed by atoms with E-state index in [-0.39, 0.29) is 12.5 Å². The van der Waals surface area contributed by atoms with Gasteiger partial charge in [0.05, 0.1) is 11.2 Å². The molecular weight excluding hydrogens is 288 g/mol. The highest BCUT2D eigenvalue weighted by Crippen LogP contribution is 2.25. The summed E-state index contributed by atoms with van der Waals surface area (Å²) in [6.45, 7) is 6.02. The van der Waals surface area contributed by atoms with Gasteiger partial charge in [0.1, 0.15) is 5.15 Å². The summed E-state index contributed by atoms with van der Waals surface area (Å²) in [6.07, 6.45) is 1.50. The summed E-state index contributed by atoms with van der Waals surface area (Å²) in [4.78, 5) is 18.4. The Labute approximate surface area is 129 Å². The molecule has 0 saturated carbocycles. The summed E-state index contributed by atoms with van der Waals surface area (Å²) in [7, 11) is 0. The Kier molecular flexibility index (Phi) is 4.49. The van der Waals surface area contributed by atoms with E-state index in [0.29, 0.717) is 17.3 Å². The van der Waals surface area contributed by atoms with Crippen molar-refractivity contribution in [2.24, 2.45) is 0 Å². The van der Waals surface area contributed by atoms with Crippen LogP contribution >= 0.6 is 11.6 Å². The Morgan fingerprint density at radius 1 is 1.33 bits per heavy atom. The maximum Gasteiger partial charge on any atom is 0.256 e. The lowest BCUT2D eigenvalue weighted by molar-refractivity contribution is 0.0315. The van der Waals surface area contributed by atoms with Gasteiger partial charge in [-0.2, -0.15) is 0 Å². The molecule has 1 heterocycles. The van der Waals surface area contributed by atoms with E-state index in [4.69, 9.17) is 11.6 Å². The van der Waals surface area contributed by atoms with Crippen LogP contribution in [-0.4, -0.2) is 39.6 Å². The van der Waals surface area contributed by atoms with Gasteiger partial charge in [-0.25, -0.2) is 4.98 Å². The van der Waals surface area contributed by atoms with Gasteiger partial charge in [0.2, 0.25) is 0 Å². The van der Waals surface area contributed by atoms with Crippen LogP contribution in [0.4, 0.5) is 0 Å². The van der Waals surface area contributed by atoms with Crippen LogP contribution < -0.4 is 0 Å². The zero-order valence-corrected chi connectivity index (χ0v) is 13.2. The van der Waals surface area contributed by atoms with Crippen molar-refractivity contribution in [1.82, 2.24) is 9.88 Å². The molecule has 112 valence electrons. The van der Waals surface area contributed by atoms with E-state index in [9.17, 15) is 9.90 Å². The highest BCUT2D eigenvalue weighted by Gasteiger charge is 2.24. The first kappa shape index (κ1) is 15.7. The Balaban J connectivity index is 2.46. The molecule has 1 aromatic heterocycles. The van der Waals surface area contributed by atoms with Gasteiger partial charge in [-0.15, -0.1) is 0 Å². The lowest BCUT2D eigenvalue weighted by Gasteiger charge is -2.28. The van der Waals surface area contributed by atoms with Crippen molar-refractivity contribution >= 4 is 28.3 Å². The first-order valence-corrected chi connectivity index (χ1v) is 7.26. The number of amides is 1. The summed E-state index contributed by atoms with van der Waals surface area (Å²) in [5.41, 5.74) is -0.442. The molecule has 2 aromatic rings. The summed E-state index contributed by atoms with van der Waals surface area (Å²) < 4.78 is 0. The van der Waals surface area contributed by atoms with Crippen molar-refractivity contribution in [3.05, 3.63) is 41.2 Å². The van der Waals surface area contributed by atoms with E-state index in [1.54, 1.807) is 18.7 Å². The number of carbonyl (C=O) groups excluding carboxylic acids is 1. The number of benzene rings is 1. The van der Waals surface area contributed by atoms with Crippen LogP contribution in [0.2, 0.25) is 5.15 Å². The zero-order chi connectivity index (χ0) is 15.6. The summed E-state index contributed by atoms with van der Waals surface area (Å²) in [5.74, 6) is -0.153. The number of nitrogens with zero attached hydrogens (tertiary/aromatic N) is 2. The molecule has 0 aliphatic heterocycles. The maximum atomic E-state index is 12.7. The number of carbonyl (C=O) groups is 1. The molecule has 0 aliphatic rings. The van der Waals surface area contributed by atoms with Crippen molar-refractivity contribution < 1.29 is 9.90 Å². The molecule has 0 radical (unpaired) electrons. The predicted octanol–water partition coefficient (Wildman–Crippen LogP) is 3.12. The van der Waals surface area contributed by atoms with Gasteiger partial charge < -0.3 is 10.0 Å². The third-order valence-electron chi connectivity index (χ3n) is 3.22. The summed E-state index contributed by atoms with van der Waals surface area (Å²) in [6, 6.07) is 7.42. The smallest absolute Gasteiger partial charge is 0.256 e. The summed E-state index contributed by atoms with van der Waals surface area (Å²) >= 11 is 6.08. The molecule has 0 spiro atoms. The van der Waals surface area contributed by atoms with Crippen LogP contribution in [0.25, 0.3) is 10.8 Å². The molecule has 21 heavy (non-hydrogen) atoms. The fraction of sp³-hybridized carbons (Fsp3) is 0.375. The van der Waals surface area contributed by atoms with Crippen LogP contribution in [0.15, 0.2) is 30.5 Å². The number of halogens is 1. The van der Waals surface area contributed by atoms with Gasteiger partial charge in [0.25, 0.3) is 5.91 Å². The van der Waals surface area contributed by atoms with Gasteiger partial charge in [-0.05, 0) is 26.2 Å². The van der Waals surface area contributed by atoms with E-state index < -0.39 is 5.60 Å². The molecule has 0 unspecified atom stereocenters. The molecule has 1 aromatic carbocycles. The first-order valence-electron chi connectivity index (χ1n) is 6.88. The van der Waals surface area contributed by atoms with Crippen LogP contribution in [0, 0.1) is 0 Å². The second-order valence-electron chi connectivity index (χ2n) is 5.64. The van der Waals surface area contributed by atoms with E-state index in [2.05, 4.69) is 4.98 Å². The molecule has 1 N–H and O–H groups in total. The summed E-state index contributed by atoms with van der Waals surface area (Å²) in [5, 5.41) is 11.9. The quantitative estimate of drug-likeness (QED) is 0.883. The maximum absolute atomic E-state index is 12.7. The molecule has 1 amide bonds. The number of hydrogen-bond donors (Lipinski definition) is 1. The number of fused-ring (bicyclic) bond motifs is 1. The van der Waals surface area contributed by atoms with Crippen LogP contribution in [0.3, 0.4) is 0 Å². The molecule has 2 rings (SSSR count). The minimum Gasteiger partial charge on any atom is -0.389 e. The van der Waals surface area contributed by atoms with E-state index in [1.807, 2.05) is 31.2 Å². The third-order valence-corrected chi connectivity index (χ3v) is 3.52. The van der Waals surface area contributed by atoms with Gasteiger partial charge >= 0.3 is 0 Å². The van der Waals surface area contributed by atoms with Gasteiger partial charge in [0.15, 0.2) is 0 Å². The monoisotopic (exact) mass is 306 g/mol. The minimum atomic E-state index is -0.943. The number of aromatic nitrogens is 1. The van der Waals surface area contributed by atoms with E-state index in [1.165, 1.54) is 6.20 Å². The normalized spacial score (nSPS) is 11.7. The topological polar surface area (TPSA) is 53.4 Å². The Morgan fingerprint density at radius 3 is 2.52 bits per heavy atom. The third kappa shape index (κ3) is 3.52. The number of aliphatic hydroxyl groups is 1. The number of likely N-dealkylation sites (N-methyl/N-ethyl adjacent to an activating group) is 1. The Bertz CT molecular complexity index is 665. The van der Waals surface area contributed by atoms with E-state index >= 15 is 0 Å². The van der Waals surface area contributed by atoms with Crippen LogP contribution in [-0.2, 0) is 0 Å². The highest BCUT2D eigenvalue weighted by atomic mass is 35.5. The average molecular weight is 307 g/mol. The van der Waals surface area contributed by atoms with Crippen molar-refractivity contribution in [3.63, 3.8) is 0 Å². The SMILES string of the molecule is CCN(CC(C)(C)O)C(=O)c1cnc(Cl)c2ccccc12. The van der Waals surface area contributed by atoms with Crippen molar-refractivity contribution in [2.75, 3.05) is 13.1 Å². The fourth-order valence-corrected chi connectivity index (χ4v) is 2.51. The molecule has 0 atom stereocenters. The predicted molar refractivity (Wildman–Crippen MR) is 84.6 cm³/mol. The van der Waals surface area contributed by atoms with Crippen molar-refractivity contribution in [1.29, 1.82) is 0 Å². The molecule has 0 fully saturated rings. The Hall–Kier alpha value is -1.65. The lowest BCUT2D eigenvalue weighted by atomic mass is 10.1. The number of rotatable bonds is 4. The largest absolute Gasteiger partial charge is 0.389 e. The molecule has 5 heteroatoms. The fourth-order valence-electron chi connectivity index (χ4n) is 2.29. The molecular formula is C16H19ClN2O2.